The summed E-state index contributed by atoms with van der Waals surface area (Å²) in [4.78, 5) is 0.370. The molecule has 0 amide bonds. The highest BCUT2D eigenvalue weighted by Gasteiger charge is 2.39. The Labute approximate surface area is 168 Å². The minimum Gasteiger partial charge on any atom is -0.257 e. The average molecular weight is 418 g/mol. The summed E-state index contributed by atoms with van der Waals surface area (Å²) in [5.74, 6) is 0.788. The van der Waals surface area contributed by atoms with Gasteiger partial charge in [0.1, 0.15) is 0 Å². The van der Waals surface area contributed by atoms with Crippen LogP contribution in [0.1, 0.15) is 11.1 Å². The molecule has 1 unspecified atom stereocenters. The lowest BCUT2D eigenvalue weighted by Crippen LogP contribution is -2.38. The molecule has 1 saturated heterocycles. The molecule has 0 spiro atoms. The van der Waals surface area contributed by atoms with Crippen molar-refractivity contribution >= 4 is 29.9 Å². The van der Waals surface area contributed by atoms with Crippen LogP contribution in [0.5, 0.6) is 0 Å². The second kappa shape index (κ2) is 7.85. The summed E-state index contributed by atoms with van der Waals surface area (Å²) in [5, 5.41) is 0.899. The molecule has 1 heterocycles. The number of benzene rings is 2. The molecule has 1 aliphatic heterocycles. The third-order valence-electron chi connectivity index (χ3n) is 4.42. The molecule has 0 bridgehead atoms. The van der Waals surface area contributed by atoms with Crippen molar-refractivity contribution in [2.45, 2.75) is 43.9 Å². The fourth-order valence-electron chi connectivity index (χ4n) is 3.14. The first-order valence-corrected chi connectivity index (χ1v) is 15.2. The largest absolute Gasteiger partial charge is 0.264 e. The summed E-state index contributed by atoms with van der Waals surface area (Å²) in [7, 11) is -5.14. The topological polar surface area (TPSA) is 37.4 Å². The van der Waals surface area contributed by atoms with Crippen LogP contribution in [0.3, 0.4) is 0 Å². The SMILES string of the molecule is Cc1ccc(S(=O)(=O)N2C(=C[Si](C)(C)C)SCC2Cc2ccccc2)cc1. The van der Waals surface area contributed by atoms with Gasteiger partial charge in [0.2, 0.25) is 0 Å². The van der Waals surface area contributed by atoms with Gasteiger partial charge in [-0.25, -0.2) is 8.42 Å². The van der Waals surface area contributed by atoms with Crippen LogP contribution < -0.4 is 0 Å². The van der Waals surface area contributed by atoms with Crippen molar-refractivity contribution < 1.29 is 8.42 Å². The van der Waals surface area contributed by atoms with Crippen molar-refractivity contribution in [2.75, 3.05) is 5.75 Å². The fourth-order valence-corrected chi connectivity index (χ4v) is 8.49. The third kappa shape index (κ3) is 4.86. The van der Waals surface area contributed by atoms with Crippen molar-refractivity contribution in [1.82, 2.24) is 4.31 Å². The van der Waals surface area contributed by atoms with Crippen molar-refractivity contribution in [3.63, 3.8) is 0 Å². The Hall–Kier alpha value is -1.50. The Morgan fingerprint density at radius 1 is 1.07 bits per heavy atom. The highest BCUT2D eigenvalue weighted by molar-refractivity contribution is 8.04. The van der Waals surface area contributed by atoms with Crippen LogP contribution in [-0.2, 0) is 16.4 Å². The molecule has 3 nitrogen and oxygen atoms in total. The Bertz CT molecular complexity index is 917. The van der Waals surface area contributed by atoms with Crippen LogP contribution in [-0.4, -0.2) is 32.6 Å². The van der Waals surface area contributed by atoms with Crippen LogP contribution >= 0.6 is 11.8 Å². The summed E-state index contributed by atoms with van der Waals surface area (Å²) in [5.41, 5.74) is 4.44. The van der Waals surface area contributed by atoms with Crippen LogP contribution in [0.4, 0.5) is 0 Å². The minimum atomic E-state index is -3.58. The molecule has 0 saturated carbocycles. The lowest BCUT2D eigenvalue weighted by molar-refractivity contribution is 0.429. The highest BCUT2D eigenvalue weighted by atomic mass is 32.2. The molecule has 27 heavy (non-hydrogen) atoms. The zero-order valence-electron chi connectivity index (χ0n) is 16.3. The predicted octanol–water partition coefficient (Wildman–Crippen LogP) is 5.06. The predicted molar refractivity (Wildman–Crippen MR) is 118 cm³/mol. The van der Waals surface area contributed by atoms with E-state index in [0.29, 0.717) is 4.90 Å². The van der Waals surface area contributed by atoms with Crippen molar-refractivity contribution in [2.24, 2.45) is 0 Å². The first-order valence-electron chi connectivity index (χ1n) is 9.17. The van der Waals surface area contributed by atoms with E-state index in [9.17, 15) is 8.42 Å². The maximum absolute atomic E-state index is 13.5. The number of sulfonamides is 1. The van der Waals surface area contributed by atoms with E-state index >= 15 is 0 Å². The van der Waals surface area contributed by atoms with E-state index in [2.05, 4.69) is 37.5 Å². The van der Waals surface area contributed by atoms with Crippen molar-refractivity contribution in [3.05, 3.63) is 76.5 Å². The summed E-state index contributed by atoms with van der Waals surface area (Å²) in [6, 6.07) is 17.3. The van der Waals surface area contributed by atoms with E-state index in [0.717, 1.165) is 22.8 Å². The molecule has 1 fully saturated rings. The quantitative estimate of drug-likeness (QED) is 0.638. The van der Waals surface area contributed by atoms with Crippen molar-refractivity contribution in [1.29, 1.82) is 0 Å². The third-order valence-corrected chi connectivity index (χ3v) is 8.93. The Kier molecular flexibility index (Phi) is 5.89. The second-order valence-corrected chi connectivity index (χ2v) is 16.0. The average Bonchev–Trinajstić information content (AvgIpc) is 2.97. The maximum Gasteiger partial charge on any atom is 0.264 e. The van der Waals surface area contributed by atoms with E-state index in [1.165, 1.54) is 5.56 Å². The molecule has 2 aromatic rings. The van der Waals surface area contributed by atoms with E-state index < -0.39 is 18.1 Å². The van der Waals surface area contributed by atoms with Crippen LogP contribution in [0.2, 0.25) is 19.6 Å². The zero-order chi connectivity index (χ0) is 19.7. The normalized spacial score (nSPS) is 19.6. The molecule has 3 rings (SSSR count). The zero-order valence-corrected chi connectivity index (χ0v) is 19.0. The fraction of sp³-hybridized carbons (Fsp3) is 0.333. The first kappa shape index (κ1) is 20.2. The molecule has 0 radical (unpaired) electrons. The number of hydrogen-bond acceptors (Lipinski definition) is 3. The van der Waals surface area contributed by atoms with E-state index in [1.807, 2.05) is 37.3 Å². The Balaban J connectivity index is 2.02. The number of thioether (sulfide) groups is 1. The molecule has 144 valence electrons. The first-order chi connectivity index (χ1) is 12.7. The Morgan fingerprint density at radius 3 is 2.30 bits per heavy atom. The van der Waals surface area contributed by atoms with Crippen LogP contribution in [0, 0.1) is 6.92 Å². The summed E-state index contributed by atoms with van der Waals surface area (Å²) in [6.07, 6.45) is 0.724. The van der Waals surface area contributed by atoms with Gasteiger partial charge in [0, 0.05) is 5.75 Å². The van der Waals surface area contributed by atoms with Gasteiger partial charge < -0.3 is 0 Å². The van der Waals surface area contributed by atoms with Crippen molar-refractivity contribution in [3.8, 4) is 0 Å². The molecule has 0 N–H and O–H groups in total. The standard InChI is InChI=1S/C21H27NO2S2Si/c1-17-10-12-20(13-11-17)26(23,24)22-19(14-18-8-6-5-7-9-18)15-25-21(22)16-27(2,3)4/h5-13,16,19H,14-15H2,1-4H3. The van der Waals surface area contributed by atoms with E-state index in [-0.39, 0.29) is 6.04 Å². The number of aryl methyl sites for hydroxylation is 1. The van der Waals surface area contributed by atoms with Crippen LogP contribution in [0.15, 0.2) is 70.2 Å². The Morgan fingerprint density at radius 2 is 1.70 bits per heavy atom. The van der Waals surface area contributed by atoms with Gasteiger partial charge in [-0.2, -0.15) is 0 Å². The molecular weight excluding hydrogens is 390 g/mol. The molecule has 0 aliphatic carbocycles. The summed E-state index contributed by atoms with van der Waals surface area (Å²) < 4.78 is 28.7. The number of rotatable bonds is 5. The second-order valence-electron chi connectivity index (χ2n) is 8.12. The summed E-state index contributed by atoms with van der Waals surface area (Å²) >= 11 is 1.67. The smallest absolute Gasteiger partial charge is 0.257 e. The molecule has 6 heteroatoms. The molecule has 2 aromatic carbocycles. The van der Waals surface area contributed by atoms with Crippen LogP contribution in [0.25, 0.3) is 0 Å². The van der Waals surface area contributed by atoms with Gasteiger partial charge in [0.25, 0.3) is 10.0 Å². The van der Waals surface area contributed by atoms with Gasteiger partial charge in [-0.15, -0.1) is 11.8 Å². The summed E-state index contributed by atoms with van der Waals surface area (Å²) in [6.45, 7) is 8.68. The van der Waals surface area contributed by atoms with Gasteiger partial charge >= 0.3 is 0 Å². The molecule has 0 aromatic heterocycles. The van der Waals surface area contributed by atoms with Gasteiger partial charge in [-0.05, 0) is 31.0 Å². The molecule has 1 aliphatic rings. The van der Waals surface area contributed by atoms with Gasteiger partial charge in [0.05, 0.1) is 24.0 Å². The minimum absolute atomic E-state index is 0.0636. The molecule has 1 atom stereocenters. The van der Waals surface area contributed by atoms with Gasteiger partial charge in [-0.3, -0.25) is 4.31 Å². The van der Waals surface area contributed by atoms with E-state index in [1.54, 1.807) is 28.2 Å². The monoisotopic (exact) mass is 417 g/mol. The maximum atomic E-state index is 13.5. The lowest BCUT2D eigenvalue weighted by Gasteiger charge is -2.28. The number of nitrogens with zero attached hydrogens (tertiary/aromatic N) is 1. The highest BCUT2D eigenvalue weighted by Crippen LogP contribution is 2.39. The number of hydrogen-bond donors (Lipinski definition) is 0. The van der Waals surface area contributed by atoms with Gasteiger partial charge in [0.15, 0.2) is 0 Å². The lowest BCUT2D eigenvalue weighted by atomic mass is 10.1. The van der Waals surface area contributed by atoms with Gasteiger partial charge in [-0.1, -0.05) is 73.4 Å². The molecular formula is C21H27NO2S2Si. The van der Waals surface area contributed by atoms with E-state index in [4.69, 9.17) is 0 Å².